The van der Waals surface area contributed by atoms with Crippen molar-refractivity contribution in [2.75, 3.05) is 5.32 Å². The van der Waals surface area contributed by atoms with E-state index in [1.54, 1.807) is 6.07 Å². The van der Waals surface area contributed by atoms with Gasteiger partial charge >= 0.3 is 5.97 Å². The van der Waals surface area contributed by atoms with Gasteiger partial charge in [0.15, 0.2) is 0 Å². The fourth-order valence-electron chi connectivity index (χ4n) is 2.46. The van der Waals surface area contributed by atoms with Gasteiger partial charge in [-0.3, -0.25) is 9.59 Å². The summed E-state index contributed by atoms with van der Waals surface area (Å²) >= 11 is 5.74. The maximum atomic E-state index is 12.2. The third kappa shape index (κ3) is 3.44. The number of aliphatic carboxylic acids is 1. The maximum Gasteiger partial charge on any atom is 0.307 e. The Morgan fingerprint density at radius 3 is 2.63 bits per heavy atom. The summed E-state index contributed by atoms with van der Waals surface area (Å²) in [6.07, 6.45) is 4.42. The molecule has 0 saturated heterocycles. The second-order valence-electron chi connectivity index (χ2n) is 4.69. The Morgan fingerprint density at radius 2 is 2.00 bits per heavy atom. The van der Waals surface area contributed by atoms with Crippen LogP contribution in [-0.2, 0) is 9.59 Å². The minimum Gasteiger partial charge on any atom is -0.481 e. The first kappa shape index (κ1) is 13.8. The zero-order valence-corrected chi connectivity index (χ0v) is 11.1. The molecule has 19 heavy (non-hydrogen) atoms. The van der Waals surface area contributed by atoms with E-state index in [1.165, 1.54) is 12.3 Å². The predicted molar refractivity (Wildman–Crippen MR) is 71.0 cm³/mol. The molecule has 5 nitrogen and oxygen atoms in total. The Bertz CT molecular complexity index is 493. The molecule has 2 atom stereocenters. The monoisotopic (exact) mass is 282 g/mol. The highest BCUT2D eigenvalue weighted by atomic mass is 35.5. The number of hydrogen-bond donors (Lipinski definition) is 2. The van der Waals surface area contributed by atoms with Crippen LogP contribution in [0, 0.1) is 11.8 Å². The molecule has 0 aliphatic heterocycles. The van der Waals surface area contributed by atoms with Gasteiger partial charge in [-0.15, -0.1) is 0 Å². The van der Waals surface area contributed by atoms with Gasteiger partial charge in [-0.05, 0) is 25.0 Å². The third-order valence-corrected chi connectivity index (χ3v) is 3.62. The number of carbonyl (C=O) groups is 2. The Hall–Kier alpha value is -1.62. The number of carbonyl (C=O) groups excluding carboxylic acids is 1. The van der Waals surface area contributed by atoms with Crippen LogP contribution < -0.4 is 5.32 Å². The molecule has 1 aliphatic carbocycles. The molecule has 1 aromatic rings. The number of pyridine rings is 1. The molecule has 2 rings (SSSR count). The van der Waals surface area contributed by atoms with Crippen molar-refractivity contribution in [3.63, 3.8) is 0 Å². The van der Waals surface area contributed by atoms with Crippen molar-refractivity contribution in [3.05, 3.63) is 23.5 Å². The lowest BCUT2D eigenvalue weighted by atomic mass is 9.78. The third-order valence-electron chi connectivity index (χ3n) is 3.41. The van der Waals surface area contributed by atoms with Gasteiger partial charge in [-0.1, -0.05) is 24.4 Å². The zero-order valence-electron chi connectivity index (χ0n) is 10.3. The van der Waals surface area contributed by atoms with Gasteiger partial charge in [0.1, 0.15) is 5.15 Å². The Balaban J connectivity index is 2.07. The first-order valence-electron chi connectivity index (χ1n) is 6.23. The van der Waals surface area contributed by atoms with E-state index in [0.29, 0.717) is 18.5 Å². The van der Waals surface area contributed by atoms with E-state index in [1.807, 2.05) is 0 Å². The minimum absolute atomic E-state index is 0.255. The summed E-state index contributed by atoms with van der Waals surface area (Å²) in [6, 6.07) is 3.17. The molecule has 0 bridgehead atoms. The number of nitrogens with zero attached hydrogens (tertiary/aromatic N) is 1. The van der Waals surface area contributed by atoms with Crippen molar-refractivity contribution in [3.8, 4) is 0 Å². The number of carboxylic acid groups (broad SMARTS) is 1. The van der Waals surface area contributed by atoms with Crippen LogP contribution in [0.3, 0.4) is 0 Å². The number of halogens is 1. The molecule has 0 unspecified atom stereocenters. The van der Waals surface area contributed by atoms with Crippen LogP contribution in [0.15, 0.2) is 18.3 Å². The van der Waals surface area contributed by atoms with Crippen molar-refractivity contribution < 1.29 is 14.7 Å². The SMILES string of the molecule is O=C(O)[C@H]1CCCC[C@H]1C(=O)Nc1ccnc(Cl)c1. The van der Waals surface area contributed by atoms with Crippen molar-refractivity contribution >= 4 is 29.2 Å². The second-order valence-corrected chi connectivity index (χ2v) is 5.08. The molecular weight excluding hydrogens is 268 g/mol. The van der Waals surface area contributed by atoms with Crippen LogP contribution in [0.1, 0.15) is 25.7 Å². The summed E-state index contributed by atoms with van der Waals surface area (Å²) in [7, 11) is 0. The van der Waals surface area contributed by atoms with Crippen LogP contribution >= 0.6 is 11.6 Å². The van der Waals surface area contributed by atoms with Crippen molar-refractivity contribution in [2.24, 2.45) is 11.8 Å². The zero-order chi connectivity index (χ0) is 13.8. The van der Waals surface area contributed by atoms with Gasteiger partial charge in [0.05, 0.1) is 11.8 Å². The first-order chi connectivity index (χ1) is 9.08. The molecule has 102 valence electrons. The Kier molecular flexibility index (Phi) is 4.37. The van der Waals surface area contributed by atoms with Gasteiger partial charge in [-0.2, -0.15) is 0 Å². The van der Waals surface area contributed by atoms with Gasteiger partial charge in [0.25, 0.3) is 0 Å². The van der Waals surface area contributed by atoms with Crippen LogP contribution in [-0.4, -0.2) is 22.0 Å². The molecule has 6 heteroatoms. The number of rotatable bonds is 3. The van der Waals surface area contributed by atoms with Crippen LogP contribution in [0.4, 0.5) is 5.69 Å². The number of nitrogens with one attached hydrogen (secondary N) is 1. The average Bonchev–Trinajstić information content (AvgIpc) is 2.38. The fourth-order valence-corrected chi connectivity index (χ4v) is 2.63. The normalized spacial score (nSPS) is 22.8. The topological polar surface area (TPSA) is 79.3 Å². The molecule has 1 fully saturated rings. The molecule has 0 spiro atoms. The summed E-state index contributed by atoms with van der Waals surface area (Å²) in [5, 5.41) is 12.2. The molecule has 1 aromatic heterocycles. The number of amides is 1. The van der Waals surface area contributed by atoms with Gasteiger partial charge in [0.2, 0.25) is 5.91 Å². The van der Waals surface area contributed by atoms with E-state index in [0.717, 1.165) is 12.8 Å². The van der Waals surface area contributed by atoms with E-state index in [-0.39, 0.29) is 11.1 Å². The van der Waals surface area contributed by atoms with Crippen molar-refractivity contribution in [2.45, 2.75) is 25.7 Å². The van der Waals surface area contributed by atoms with Gasteiger partial charge in [0, 0.05) is 11.9 Å². The fraction of sp³-hybridized carbons (Fsp3) is 0.462. The molecule has 1 heterocycles. The molecule has 1 aliphatic rings. The highest BCUT2D eigenvalue weighted by Crippen LogP contribution is 2.31. The minimum atomic E-state index is -0.896. The highest BCUT2D eigenvalue weighted by molar-refractivity contribution is 6.29. The van der Waals surface area contributed by atoms with Crippen LogP contribution in [0.5, 0.6) is 0 Å². The molecule has 0 aromatic carbocycles. The summed E-state index contributed by atoms with van der Waals surface area (Å²) in [5.41, 5.74) is 0.541. The molecule has 1 amide bonds. The Labute approximate surface area is 116 Å². The maximum absolute atomic E-state index is 12.2. The standard InChI is InChI=1S/C13H15ClN2O3/c14-11-7-8(5-6-15-11)16-12(17)9-3-1-2-4-10(9)13(18)19/h5-7,9-10H,1-4H2,(H,18,19)(H,15,16,17)/t9-,10+/m1/s1. The van der Waals surface area contributed by atoms with Gasteiger partial charge in [-0.25, -0.2) is 4.98 Å². The van der Waals surface area contributed by atoms with E-state index < -0.39 is 17.8 Å². The second kappa shape index (κ2) is 6.02. The quantitative estimate of drug-likeness (QED) is 0.835. The van der Waals surface area contributed by atoms with E-state index >= 15 is 0 Å². The number of carboxylic acids is 1. The van der Waals surface area contributed by atoms with Crippen molar-refractivity contribution in [1.82, 2.24) is 4.98 Å². The average molecular weight is 283 g/mol. The van der Waals surface area contributed by atoms with Crippen LogP contribution in [0.25, 0.3) is 0 Å². The predicted octanol–water partition coefficient (Wildman–Crippen LogP) is 2.56. The smallest absolute Gasteiger partial charge is 0.307 e. The summed E-state index contributed by atoms with van der Waals surface area (Å²) in [4.78, 5) is 27.1. The van der Waals surface area contributed by atoms with E-state index in [2.05, 4.69) is 10.3 Å². The largest absolute Gasteiger partial charge is 0.481 e. The van der Waals surface area contributed by atoms with Gasteiger partial charge < -0.3 is 10.4 Å². The molecular formula is C13H15ClN2O3. The molecule has 0 radical (unpaired) electrons. The lowest BCUT2D eigenvalue weighted by molar-refractivity contribution is -0.147. The first-order valence-corrected chi connectivity index (χ1v) is 6.61. The molecule has 2 N–H and O–H groups in total. The van der Waals surface area contributed by atoms with E-state index in [4.69, 9.17) is 16.7 Å². The number of hydrogen-bond acceptors (Lipinski definition) is 3. The lowest BCUT2D eigenvalue weighted by Crippen LogP contribution is -2.36. The highest BCUT2D eigenvalue weighted by Gasteiger charge is 2.35. The van der Waals surface area contributed by atoms with Crippen molar-refractivity contribution in [1.29, 1.82) is 0 Å². The summed E-state index contributed by atoms with van der Waals surface area (Å²) < 4.78 is 0. The van der Waals surface area contributed by atoms with E-state index in [9.17, 15) is 9.59 Å². The molecule has 1 saturated carbocycles. The van der Waals surface area contributed by atoms with Crippen LogP contribution in [0.2, 0.25) is 5.15 Å². The number of anilines is 1. The summed E-state index contributed by atoms with van der Waals surface area (Å²) in [6.45, 7) is 0. The number of aromatic nitrogens is 1. The Morgan fingerprint density at radius 1 is 1.32 bits per heavy atom. The lowest BCUT2D eigenvalue weighted by Gasteiger charge is -2.27. The summed E-state index contributed by atoms with van der Waals surface area (Å²) in [5.74, 6) is -2.22.